The van der Waals surface area contributed by atoms with Gasteiger partial charge in [0, 0.05) is 25.9 Å². The van der Waals surface area contributed by atoms with Crippen LogP contribution in [-0.4, -0.2) is 24.8 Å². The van der Waals surface area contributed by atoms with Crippen molar-refractivity contribution >= 4 is 5.78 Å². The van der Waals surface area contributed by atoms with Crippen molar-refractivity contribution in [3.8, 4) is 0 Å². The van der Waals surface area contributed by atoms with Crippen LogP contribution < -0.4 is 0 Å². The Morgan fingerprint density at radius 2 is 2.27 bits per heavy atom. The standard InChI is InChI=1S/C9H13NO/c1-10(2)7-8-5-3-4-6-9(8)11/h4,6-7H,3,5H2,1-2H3/b8-7+. The molecule has 1 rings (SSSR count). The second-order valence-electron chi connectivity index (χ2n) is 2.92. The first kappa shape index (κ1) is 8.05. The second-order valence-corrected chi connectivity index (χ2v) is 2.92. The summed E-state index contributed by atoms with van der Waals surface area (Å²) in [5.74, 6) is 0.157. The Labute approximate surface area is 67.2 Å². The minimum atomic E-state index is 0.157. The fourth-order valence-corrected chi connectivity index (χ4v) is 1.10. The van der Waals surface area contributed by atoms with Crippen molar-refractivity contribution in [2.24, 2.45) is 0 Å². The van der Waals surface area contributed by atoms with E-state index in [4.69, 9.17) is 0 Å². The van der Waals surface area contributed by atoms with E-state index in [1.165, 1.54) is 0 Å². The van der Waals surface area contributed by atoms with Gasteiger partial charge in [-0.3, -0.25) is 4.79 Å². The van der Waals surface area contributed by atoms with Crippen molar-refractivity contribution in [2.75, 3.05) is 14.1 Å². The Morgan fingerprint density at radius 3 is 2.82 bits per heavy atom. The molecule has 60 valence electrons. The van der Waals surface area contributed by atoms with E-state index in [-0.39, 0.29) is 5.78 Å². The summed E-state index contributed by atoms with van der Waals surface area (Å²) in [7, 11) is 3.86. The van der Waals surface area contributed by atoms with E-state index in [1.54, 1.807) is 6.08 Å². The van der Waals surface area contributed by atoms with E-state index in [9.17, 15) is 4.79 Å². The van der Waals surface area contributed by atoms with Crippen LogP contribution in [0.4, 0.5) is 0 Å². The first-order chi connectivity index (χ1) is 5.20. The lowest BCUT2D eigenvalue weighted by molar-refractivity contribution is -0.111. The highest BCUT2D eigenvalue weighted by Gasteiger charge is 2.09. The van der Waals surface area contributed by atoms with Crippen LogP contribution in [0.15, 0.2) is 23.9 Å². The summed E-state index contributed by atoms with van der Waals surface area (Å²) in [5, 5.41) is 0. The van der Waals surface area contributed by atoms with E-state index in [0.29, 0.717) is 0 Å². The van der Waals surface area contributed by atoms with Gasteiger partial charge in [0.2, 0.25) is 0 Å². The molecule has 0 saturated carbocycles. The molecule has 1 aliphatic carbocycles. The maximum absolute atomic E-state index is 11.1. The predicted octanol–water partition coefficient (Wildman–Crippen LogP) is 1.35. The van der Waals surface area contributed by atoms with Crippen LogP contribution in [0.1, 0.15) is 12.8 Å². The highest BCUT2D eigenvalue weighted by molar-refractivity contribution is 6.04. The zero-order valence-corrected chi connectivity index (χ0v) is 7.00. The van der Waals surface area contributed by atoms with Gasteiger partial charge in [-0.1, -0.05) is 6.08 Å². The summed E-state index contributed by atoms with van der Waals surface area (Å²) >= 11 is 0. The van der Waals surface area contributed by atoms with E-state index in [1.807, 2.05) is 31.3 Å². The Kier molecular flexibility index (Phi) is 2.47. The van der Waals surface area contributed by atoms with Crippen molar-refractivity contribution in [2.45, 2.75) is 12.8 Å². The monoisotopic (exact) mass is 151 g/mol. The first-order valence-corrected chi connectivity index (χ1v) is 3.78. The number of ketones is 1. The van der Waals surface area contributed by atoms with Gasteiger partial charge < -0.3 is 4.90 Å². The summed E-state index contributed by atoms with van der Waals surface area (Å²) in [6, 6.07) is 0. The van der Waals surface area contributed by atoms with Gasteiger partial charge in [0.1, 0.15) is 0 Å². The Morgan fingerprint density at radius 1 is 1.55 bits per heavy atom. The van der Waals surface area contributed by atoms with Crippen molar-refractivity contribution < 1.29 is 4.79 Å². The quantitative estimate of drug-likeness (QED) is 0.527. The van der Waals surface area contributed by atoms with Crippen molar-refractivity contribution in [3.05, 3.63) is 23.9 Å². The first-order valence-electron chi connectivity index (χ1n) is 3.78. The molecule has 0 radical (unpaired) electrons. The fraction of sp³-hybridized carbons (Fsp3) is 0.444. The predicted molar refractivity (Wildman–Crippen MR) is 45.2 cm³/mol. The minimum absolute atomic E-state index is 0.157. The average Bonchev–Trinajstić information content (AvgIpc) is 1.93. The summed E-state index contributed by atoms with van der Waals surface area (Å²) in [4.78, 5) is 13.1. The number of nitrogens with zero attached hydrogens (tertiary/aromatic N) is 1. The maximum Gasteiger partial charge on any atom is 0.182 e. The average molecular weight is 151 g/mol. The van der Waals surface area contributed by atoms with Gasteiger partial charge in [-0.05, 0) is 18.9 Å². The molecule has 0 unspecified atom stereocenters. The number of allylic oxidation sites excluding steroid dienone is 3. The zero-order chi connectivity index (χ0) is 8.27. The third kappa shape index (κ3) is 2.22. The second kappa shape index (κ2) is 3.37. The summed E-state index contributed by atoms with van der Waals surface area (Å²) in [6.07, 6.45) is 7.35. The van der Waals surface area contributed by atoms with Crippen molar-refractivity contribution in [1.82, 2.24) is 4.90 Å². The molecular weight excluding hydrogens is 138 g/mol. The van der Waals surface area contributed by atoms with Crippen LogP contribution in [0.3, 0.4) is 0 Å². The topological polar surface area (TPSA) is 20.3 Å². The highest BCUT2D eigenvalue weighted by Crippen LogP contribution is 2.13. The molecule has 0 aliphatic heterocycles. The molecular formula is C9H13NO. The summed E-state index contributed by atoms with van der Waals surface area (Å²) < 4.78 is 0. The van der Waals surface area contributed by atoms with E-state index < -0.39 is 0 Å². The Hall–Kier alpha value is -1.05. The molecule has 0 bridgehead atoms. The molecule has 0 N–H and O–H groups in total. The van der Waals surface area contributed by atoms with Gasteiger partial charge in [0.25, 0.3) is 0 Å². The van der Waals surface area contributed by atoms with E-state index in [0.717, 1.165) is 18.4 Å². The van der Waals surface area contributed by atoms with Crippen LogP contribution in [-0.2, 0) is 4.79 Å². The van der Waals surface area contributed by atoms with Gasteiger partial charge in [-0.2, -0.15) is 0 Å². The molecule has 0 aromatic heterocycles. The lowest BCUT2D eigenvalue weighted by Gasteiger charge is -2.11. The molecule has 0 heterocycles. The summed E-state index contributed by atoms with van der Waals surface area (Å²) in [5.41, 5.74) is 0.914. The van der Waals surface area contributed by atoms with Gasteiger partial charge in [-0.15, -0.1) is 0 Å². The SMILES string of the molecule is CN(C)/C=C1\CCC=CC1=O. The molecule has 0 amide bonds. The number of hydrogen-bond donors (Lipinski definition) is 0. The molecule has 2 nitrogen and oxygen atoms in total. The van der Waals surface area contributed by atoms with Crippen molar-refractivity contribution in [3.63, 3.8) is 0 Å². The number of rotatable bonds is 1. The van der Waals surface area contributed by atoms with Gasteiger partial charge >= 0.3 is 0 Å². The normalized spacial score (nSPS) is 20.9. The fourth-order valence-electron chi connectivity index (χ4n) is 1.10. The molecule has 1 aliphatic rings. The molecule has 2 heteroatoms. The van der Waals surface area contributed by atoms with E-state index in [2.05, 4.69) is 0 Å². The van der Waals surface area contributed by atoms with E-state index >= 15 is 0 Å². The van der Waals surface area contributed by atoms with Crippen LogP contribution in [0, 0.1) is 0 Å². The third-order valence-electron chi connectivity index (χ3n) is 1.58. The third-order valence-corrected chi connectivity index (χ3v) is 1.58. The molecule has 0 atom stereocenters. The molecule has 0 saturated heterocycles. The molecule has 0 fully saturated rings. The highest BCUT2D eigenvalue weighted by atomic mass is 16.1. The van der Waals surface area contributed by atoms with Crippen LogP contribution in [0.25, 0.3) is 0 Å². The number of carbonyl (C=O) groups excluding carboxylic acids is 1. The van der Waals surface area contributed by atoms with Gasteiger partial charge in [0.05, 0.1) is 0 Å². The minimum Gasteiger partial charge on any atom is -0.383 e. The number of hydrogen-bond acceptors (Lipinski definition) is 2. The Bertz CT molecular complexity index is 214. The smallest absolute Gasteiger partial charge is 0.182 e. The van der Waals surface area contributed by atoms with Gasteiger partial charge in [-0.25, -0.2) is 0 Å². The zero-order valence-electron chi connectivity index (χ0n) is 7.00. The molecule has 0 aromatic rings. The summed E-state index contributed by atoms with van der Waals surface area (Å²) in [6.45, 7) is 0. The molecule has 0 spiro atoms. The van der Waals surface area contributed by atoms with Crippen LogP contribution in [0.5, 0.6) is 0 Å². The van der Waals surface area contributed by atoms with Crippen LogP contribution >= 0.6 is 0 Å². The number of carbonyl (C=O) groups is 1. The Balaban J connectivity index is 2.72. The van der Waals surface area contributed by atoms with Crippen molar-refractivity contribution in [1.29, 1.82) is 0 Å². The lowest BCUT2D eigenvalue weighted by Crippen LogP contribution is -2.09. The molecule has 0 aromatic carbocycles. The maximum atomic E-state index is 11.1. The largest absolute Gasteiger partial charge is 0.383 e. The van der Waals surface area contributed by atoms with Gasteiger partial charge in [0.15, 0.2) is 5.78 Å². The lowest BCUT2D eigenvalue weighted by atomic mass is 10.0. The molecule has 11 heavy (non-hydrogen) atoms. The van der Waals surface area contributed by atoms with Crippen LogP contribution in [0.2, 0.25) is 0 Å².